The molecule has 24 heavy (non-hydrogen) atoms. The lowest BCUT2D eigenvalue weighted by Crippen LogP contribution is -2.36. The Hall–Kier alpha value is -1.55. The number of benzene rings is 1. The third-order valence-corrected chi connectivity index (χ3v) is 4.54. The Bertz CT molecular complexity index is 551. The van der Waals surface area contributed by atoms with E-state index in [1.54, 1.807) is 6.92 Å². The maximum atomic E-state index is 12.6. The molecule has 1 amide bonds. The first-order valence-corrected chi connectivity index (χ1v) is 8.86. The van der Waals surface area contributed by atoms with E-state index in [1.807, 2.05) is 25.1 Å². The van der Waals surface area contributed by atoms with Crippen molar-refractivity contribution < 1.29 is 9.90 Å². The van der Waals surface area contributed by atoms with E-state index in [1.165, 1.54) is 0 Å². The molecule has 0 spiro atoms. The number of hydrogen-bond donors (Lipinski definition) is 3. The predicted molar refractivity (Wildman–Crippen MR) is 102 cm³/mol. The van der Waals surface area contributed by atoms with Crippen LogP contribution < -0.4 is 10.6 Å². The molecule has 0 aliphatic carbocycles. The van der Waals surface area contributed by atoms with Crippen LogP contribution in [-0.4, -0.2) is 29.7 Å². The second kappa shape index (κ2) is 8.52. The van der Waals surface area contributed by atoms with Crippen LogP contribution in [0.15, 0.2) is 18.2 Å². The topological polar surface area (TPSA) is 61.4 Å². The molecular formula is C20H34N2O2. The standard InChI is InChI=1S/C20H34N2O2/c1-13(2)16(5)22-18-10-8-9-17(15(18)4)19(24)21-12-20(6,7)11-14(3)23/h8-10,13-14,16,22-23H,11-12H2,1-7H3,(H,21,24). The van der Waals surface area contributed by atoms with E-state index in [0.717, 1.165) is 11.3 Å². The van der Waals surface area contributed by atoms with E-state index in [4.69, 9.17) is 0 Å². The van der Waals surface area contributed by atoms with Crippen LogP contribution in [0.3, 0.4) is 0 Å². The van der Waals surface area contributed by atoms with Gasteiger partial charge in [0, 0.05) is 23.8 Å². The van der Waals surface area contributed by atoms with Crippen LogP contribution in [0.4, 0.5) is 5.69 Å². The molecule has 0 aliphatic rings. The molecule has 4 nitrogen and oxygen atoms in total. The molecule has 0 aliphatic heterocycles. The summed E-state index contributed by atoms with van der Waals surface area (Å²) in [6, 6.07) is 6.13. The van der Waals surface area contributed by atoms with Crippen LogP contribution in [0.5, 0.6) is 0 Å². The van der Waals surface area contributed by atoms with Gasteiger partial charge in [0.05, 0.1) is 6.10 Å². The zero-order valence-corrected chi connectivity index (χ0v) is 16.2. The van der Waals surface area contributed by atoms with E-state index in [2.05, 4.69) is 45.3 Å². The van der Waals surface area contributed by atoms with Crippen molar-refractivity contribution in [2.45, 2.75) is 67.0 Å². The minimum Gasteiger partial charge on any atom is -0.393 e. The highest BCUT2D eigenvalue weighted by Crippen LogP contribution is 2.23. The van der Waals surface area contributed by atoms with Crippen molar-refractivity contribution in [1.82, 2.24) is 5.32 Å². The van der Waals surface area contributed by atoms with Gasteiger partial charge in [-0.05, 0) is 56.2 Å². The largest absolute Gasteiger partial charge is 0.393 e. The van der Waals surface area contributed by atoms with E-state index >= 15 is 0 Å². The number of anilines is 1. The first-order chi connectivity index (χ1) is 11.0. The predicted octanol–water partition coefficient (Wildman–Crippen LogP) is 3.98. The van der Waals surface area contributed by atoms with Gasteiger partial charge in [-0.1, -0.05) is 33.8 Å². The van der Waals surface area contributed by atoms with Crippen molar-refractivity contribution in [3.8, 4) is 0 Å². The third kappa shape index (κ3) is 6.16. The van der Waals surface area contributed by atoms with Crippen LogP contribution in [0.2, 0.25) is 0 Å². The number of carbonyl (C=O) groups is 1. The molecule has 0 heterocycles. The van der Waals surface area contributed by atoms with E-state index < -0.39 is 0 Å². The number of rotatable bonds is 8. The summed E-state index contributed by atoms with van der Waals surface area (Å²) in [7, 11) is 0. The second-order valence-corrected chi connectivity index (χ2v) is 8.06. The number of nitrogens with one attached hydrogen (secondary N) is 2. The van der Waals surface area contributed by atoms with Gasteiger partial charge in [-0.25, -0.2) is 0 Å². The van der Waals surface area contributed by atoms with Crippen molar-refractivity contribution in [2.24, 2.45) is 11.3 Å². The fourth-order valence-electron chi connectivity index (χ4n) is 2.74. The van der Waals surface area contributed by atoms with E-state index in [-0.39, 0.29) is 17.4 Å². The number of amides is 1. The Labute approximate surface area is 147 Å². The van der Waals surface area contributed by atoms with Gasteiger partial charge in [0.15, 0.2) is 0 Å². The SMILES string of the molecule is Cc1c(NC(C)C(C)C)cccc1C(=O)NCC(C)(C)CC(C)O. The molecule has 1 rings (SSSR count). The fourth-order valence-corrected chi connectivity index (χ4v) is 2.74. The highest BCUT2D eigenvalue weighted by Gasteiger charge is 2.22. The van der Waals surface area contributed by atoms with Crippen molar-refractivity contribution >= 4 is 11.6 Å². The quantitative estimate of drug-likeness (QED) is 0.674. The molecule has 4 heteroatoms. The van der Waals surface area contributed by atoms with E-state index in [9.17, 15) is 9.90 Å². The molecule has 3 N–H and O–H groups in total. The molecule has 0 fully saturated rings. The summed E-state index contributed by atoms with van der Waals surface area (Å²) in [4.78, 5) is 12.6. The Morgan fingerprint density at radius 3 is 2.38 bits per heavy atom. The minimum atomic E-state index is -0.372. The van der Waals surface area contributed by atoms with Gasteiger partial charge in [0.1, 0.15) is 0 Å². The molecule has 1 aromatic carbocycles. The van der Waals surface area contributed by atoms with Gasteiger partial charge in [-0.15, -0.1) is 0 Å². The monoisotopic (exact) mass is 334 g/mol. The summed E-state index contributed by atoms with van der Waals surface area (Å²) in [6.07, 6.45) is 0.281. The molecular weight excluding hydrogens is 300 g/mol. The molecule has 0 saturated heterocycles. The Balaban J connectivity index is 2.81. The Morgan fingerprint density at radius 1 is 1.21 bits per heavy atom. The molecule has 0 radical (unpaired) electrons. The van der Waals surface area contributed by atoms with Crippen molar-refractivity contribution in [2.75, 3.05) is 11.9 Å². The van der Waals surface area contributed by atoms with Gasteiger partial charge >= 0.3 is 0 Å². The summed E-state index contributed by atoms with van der Waals surface area (Å²) >= 11 is 0. The lowest BCUT2D eigenvalue weighted by Gasteiger charge is -2.26. The average Bonchev–Trinajstić information content (AvgIpc) is 2.45. The smallest absolute Gasteiger partial charge is 0.251 e. The van der Waals surface area contributed by atoms with Crippen LogP contribution in [0, 0.1) is 18.3 Å². The lowest BCUT2D eigenvalue weighted by molar-refractivity contribution is 0.0901. The average molecular weight is 335 g/mol. The molecule has 2 atom stereocenters. The normalized spacial score (nSPS) is 14.4. The summed E-state index contributed by atoms with van der Waals surface area (Å²) < 4.78 is 0. The first-order valence-electron chi connectivity index (χ1n) is 8.86. The fraction of sp³-hybridized carbons (Fsp3) is 0.650. The highest BCUT2D eigenvalue weighted by atomic mass is 16.3. The van der Waals surface area contributed by atoms with Gasteiger partial charge in [0.25, 0.3) is 5.91 Å². The minimum absolute atomic E-state index is 0.0629. The second-order valence-electron chi connectivity index (χ2n) is 8.06. The number of hydrogen-bond acceptors (Lipinski definition) is 3. The molecule has 136 valence electrons. The van der Waals surface area contributed by atoms with Gasteiger partial charge in [-0.2, -0.15) is 0 Å². The lowest BCUT2D eigenvalue weighted by atomic mass is 9.87. The van der Waals surface area contributed by atoms with Crippen LogP contribution in [0.25, 0.3) is 0 Å². The van der Waals surface area contributed by atoms with Gasteiger partial charge in [0.2, 0.25) is 0 Å². The number of carbonyl (C=O) groups excluding carboxylic acids is 1. The zero-order valence-electron chi connectivity index (χ0n) is 16.2. The zero-order chi connectivity index (χ0) is 18.5. The Kier molecular flexibility index (Phi) is 7.27. The molecule has 0 aromatic heterocycles. The summed E-state index contributed by atoms with van der Waals surface area (Å²) in [5.41, 5.74) is 2.53. The number of aliphatic hydroxyl groups is 1. The van der Waals surface area contributed by atoms with E-state index in [0.29, 0.717) is 30.5 Å². The maximum absolute atomic E-state index is 12.6. The highest BCUT2D eigenvalue weighted by molar-refractivity contribution is 5.97. The van der Waals surface area contributed by atoms with Crippen molar-refractivity contribution in [3.63, 3.8) is 0 Å². The van der Waals surface area contributed by atoms with Crippen LogP contribution >= 0.6 is 0 Å². The number of aliphatic hydroxyl groups excluding tert-OH is 1. The molecule has 0 bridgehead atoms. The van der Waals surface area contributed by atoms with Crippen LogP contribution in [-0.2, 0) is 0 Å². The first kappa shape index (κ1) is 20.5. The Morgan fingerprint density at radius 2 is 1.83 bits per heavy atom. The van der Waals surface area contributed by atoms with Crippen molar-refractivity contribution in [1.29, 1.82) is 0 Å². The molecule has 1 aromatic rings. The summed E-state index contributed by atoms with van der Waals surface area (Å²) in [5, 5.41) is 16.1. The maximum Gasteiger partial charge on any atom is 0.251 e. The molecule has 0 saturated carbocycles. The summed E-state index contributed by atoms with van der Waals surface area (Å²) in [5.74, 6) is 0.454. The molecule has 2 unspecified atom stereocenters. The van der Waals surface area contributed by atoms with Gasteiger partial charge in [-0.3, -0.25) is 4.79 Å². The third-order valence-electron chi connectivity index (χ3n) is 4.54. The van der Waals surface area contributed by atoms with Crippen molar-refractivity contribution in [3.05, 3.63) is 29.3 Å². The summed E-state index contributed by atoms with van der Waals surface area (Å²) in [6.45, 7) is 14.9. The van der Waals surface area contributed by atoms with Crippen LogP contribution in [0.1, 0.15) is 63.9 Å². The van der Waals surface area contributed by atoms with Gasteiger partial charge < -0.3 is 15.7 Å².